The minimum atomic E-state index is 0.515. The summed E-state index contributed by atoms with van der Waals surface area (Å²) in [6.45, 7) is 6.88. The minimum absolute atomic E-state index is 0.515. The van der Waals surface area contributed by atoms with Crippen molar-refractivity contribution in [3.8, 4) is 17.2 Å². The van der Waals surface area contributed by atoms with Crippen LogP contribution in [0, 0.1) is 0 Å². The van der Waals surface area contributed by atoms with E-state index in [4.69, 9.17) is 15.2 Å². The number of hydrogen-bond donors (Lipinski definition) is 1. The SMILES string of the molecule is CCOc1cc(N)cc(Oc2ccc(C(C)C)cc2)c1. The molecule has 0 atom stereocenters. The molecule has 0 heterocycles. The average molecular weight is 271 g/mol. The monoisotopic (exact) mass is 271 g/mol. The molecule has 0 fully saturated rings. The van der Waals surface area contributed by atoms with Crippen LogP contribution in [0.5, 0.6) is 17.2 Å². The molecule has 0 saturated heterocycles. The van der Waals surface area contributed by atoms with Crippen LogP contribution in [-0.4, -0.2) is 6.61 Å². The molecule has 2 aromatic rings. The number of hydrogen-bond acceptors (Lipinski definition) is 3. The van der Waals surface area contributed by atoms with Crippen molar-refractivity contribution in [2.24, 2.45) is 0 Å². The van der Waals surface area contributed by atoms with Gasteiger partial charge in [-0.1, -0.05) is 26.0 Å². The minimum Gasteiger partial charge on any atom is -0.494 e. The number of nitrogens with two attached hydrogens (primary N) is 1. The van der Waals surface area contributed by atoms with Gasteiger partial charge in [-0.3, -0.25) is 0 Å². The molecule has 3 nitrogen and oxygen atoms in total. The van der Waals surface area contributed by atoms with Crippen molar-refractivity contribution in [2.75, 3.05) is 12.3 Å². The third kappa shape index (κ3) is 3.67. The van der Waals surface area contributed by atoms with Gasteiger partial charge >= 0.3 is 0 Å². The van der Waals surface area contributed by atoms with Gasteiger partial charge in [0.2, 0.25) is 0 Å². The number of nitrogen functional groups attached to an aromatic ring is 1. The van der Waals surface area contributed by atoms with Crippen LogP contribution in [0.3, 0.4) is 0 Å². The Morgan fingerprint density at radius 2 is 1.60 bits per heavy atom. The zero-order chi connectivity index (χ0) is 14.5. The molecule has 0 aliphatic heterocycles. The Hall–Kier alpha value is -2.16. The molecule has 0 radical (unpaired) electrons. The second-order valence-corrected chi connectivity index (χ2v) is 5.00. The highest BCUT2D eigenvalue weighted by atomic mass is 16.5. The molecule has 0 amide bonds. The molecule has 106 valence electrons. The largest absolute Gasteiger partial charge is 0.494 e. The topological polar surface area (TPSA) is 44.5 Å². The van der Waals surface area contributed by atoms with Gasteiger partial charge in [0.1, 0.15) is 17.2 Å². The first-order valence-corrected chi connectivity index (χ1v) is 6.89. The van der Waals surface area contributed by atoms with Gasteiger partial charge in [0.25, 0.3) is 0 Å². The van der Waals surface area contributed by atoms with Crippen molar-refractivity contribution in [1.29, 1.82) is 0 Å². The number of benzene rings is 2. The summed E-state index contributed by atoms with van der Waals surface area (Å²) in [7, 11) is 0. The number of rotatable bonds is 5. The van der Waals surface area contributed by atoms with E-state index in [9.17, 15) is 0 Å². The van der Waals surface area contributed by atoms with Crippen LogP contribution in [-0.2, 0) is 0 Å². The first-order valence-electron chi connectivity index (χ1n) is 6.89. The van der Waals surface area contributed by atoms with Crippen LogP contribution in [0.15, 0.2) is 42.5 Å². The van der Waals surface area contributed by atoms with Crippen LogP contribution < -0.4 is 15.2 Å². The average Bonchev–Trinajstić information content (AvgIpc) is 2.39. The Balaban J connectivity index is 2.16. The third-order valence-corrected chi connectivity index (χ3v) is 3.00. The summed E-state index contributed by atoms with van der Waals surface area (Å²) >= 11 is 0. The third-order valence-electron chi connectivity index (χ3n) is 3.00. The zero-order valence-electron chi connectivity index (χ0n) is 12.2. The predicted molar refractivity (Wildman–Crippen MR) is 82.6 cm³/mol. The summed E-state index contributed by atoms with van der Waals surface area (Å²) in [5.41, 5.74) is 7.77. The second kappa shape index (κ2) is 6.33. The van der Waals surface area contributed by atoms with Crippen molar-refractivity contribution in [3.63, 3.8) is 0 Å². The normalized spacial score (nSPS) is 10.6. The first-order chi connectivity index (χ1) is 9.58. The molecule has 0 unspecified atom stereocenters. The van der Waals surface area contributed by atoms with Crippen LogP contribution in [0.4, 0.5) is 5.69 Å². The van der Waals surface area contributed by atoms with E-state index in [1.807, 2.05) is 25.1 Å². The van der Waals surface area contributed by atoms with Crippen LogP contribution >= 0.6 is 0 Å². The molecule has 2 rings (SSSR count). The Morgan fingerprint density at radius 3 is 2.20 bits per heavy atom. The highest BCUT2D eigenvalue weighted by Crippen LogP contribution is 2.29. The molecule has 20 heavy (non-hydrogen) atoms. The van der Waals surface area contributed by atoms with Crippen LogP contribution in [0.1, 0.15) is 32.3 Å². The number of ether oxygens (including phenoxy) is 2. The molecule has 0 spiro atoms. The van der Waals surface area contributed by atoms with Gasteiger partial charge < -0.3 is 15.2 Å². The Bertz CT molecular complexity index is 562. The number of anilines is 1. The van der Waals surface area contributed by atoms with E-state index in [-0.39, 0.29) is 0 Å². The second-order valence-electron chi connectivity index (χ2n) is 5.00. The lowest BCUT2D eigenvalue weighted by atomic mass is 10.0. The summed E-state index contributed by atoms with van der Waals surface area (Å²) < 4.78 is 11.3. The molecule has 0 aromatic heterocycles. The molecule has 2 N–H and O–H groups in total. The smallest absolute Gasteiger partial charge is 0.133 e. The summed E-state index contributed by atoms with van der Waals surface area (Å²) in [6.07, 6.45) is 0. The van der Waals surface area contributed by atoms with Gasteiger partial charge in [-0.15, -0.1) is 0 Å². The van der Waals surface area contributed by atoms with E-state index < -0.39 is 0 Å². The molecule has 0 bridgehead atoms. The zero-order valence-corrected chi connectivity index (χ0v) is 12.2. The van der Waals surface area contributed by atoms with Gasteiger partial charge in [0, 0.05) is 23.9 Å². The van der Waals surface area contributed by atoms with Gasteiger partial charge in [0.15, 0.2) is 0 Å². The Kier molecular flexibility index (Phi) is 4.51. The summed E-state index contributed by atoms with van der Waals surface area (Å²) in [5.74, 6) is 2.72. The highest BCUT2D eigenvalue weighted by molar-refractivity contribution is 5.51. The van der Waals surface area contributed by atoms with E-state index in [0.29, 0.717) is 24.0 Å². The van der Waals surface area contributed by atoms with Crippen molar-refractivity contribution in [3.05, 3.63) is 48.0 Å². The maximum Gasteiger partial charge on any atom is 0.133 e. The Morgan fingerprint density at radius 1 is 0.950 bits per heavy atom. The lowest BCUT2D eigenvalue weighted by Gasteiger charge is -2.11. The van der Waals surface area contributed by atoms with Crippen molar-refractivity contribution >= 4 is 5.69 Å². The van der Waals surface area contributed by atoms with E-state index in [1.165, 1.54) is 5.56 Å². The first kappa shape index (κ1) is 14.3. The maximum atomic E-state index is 5.85. The molecule has 0 aliphatic carbocycles. The quantitative estimate of drug-likeness (QED) is 0.809. The fourth-order valence-corrected chi connectivity index (χ4v) is 1.96. The Labute approximate surface area is 120 Å². The van der Waals surface area contributed by atoms with E-state index in [1.54, 1.807) is 12.1 Å². The van der Waals surface area contributed by atoms with Crippen molar-refractivity contribution < 1.29 is 9.47 Å². The molecular weight excluding hydrogens is 250 g/mol. The fourth-order valence-electron chi connectivity index (χ4n) is 1.96. The van der Waals surface area contributed by atoms with Gasteiger partial charge in [-0.25, -0.2) is 0 Å². The van der Waals surface area contributed by atoms with Gasteiger partial charge in [-0.2, -0.15) is 0 Å². The maximum absolute atomic E-state index is 5.85. The summed E-state index contributed by atoms with van der Waals surface area (Å²) in [4.78, 5) is 0. The van der Waals surface area contributed by atoms with Crippen molar-refractivity contribution in [1.82, 2.24) is 0 Å². The molecule has 0 aliphatic rings. The fraction of sp³-hybridized carbons (Fsp3) is 0.294. The highest BCUT2D eigenvalue weighted by Gasteiger charge is 2.04. The van der Waals surface area contributed by atoms with Gasteiger partial charge in [0.05, 0.1) is 6.61 Å². The van der Waals surface area contributed by atoms with Crippen molar-refractivity contribution in [2.45, 2.75) is 26.7 Å². The van der Waals surface area contributed by atoms with E-state index in [0.717, 1.165) is 11.5 Å². The van der Waals surface area contributed by atoms with Gasteiger partial charge in [-0.05, 0) is 30.5 Å². The van der Waals surface area contributed by atoms with E-state index >= 15 is 0 Å². The molecular formula is C17H21NO2. The lowest BCUT2D eigenvalue weighted by Crippen LogP contribution is -1.95. The summed E-state index contributed by atoms with van der Waals surface area (Å²) in [5, 5.41) is 0. The lowest BCUT2D eigenvalue weighted by molar-refractivity contribution is 0.338. The standard InChI is InChI=1S/C17H21NO2/c1-4-19-16-9-14(18)10-17(11-16)20-15-7-5-13(6-8-15)12(2)3/h5-12H,4,18H2,1-3H3. The predicted octanol–water partition coefficient (Wildman–Crippen LogP) is 4.58. The molecule has 0 saturated carbocycles. The van der Waals surface area contributed by atoms with E-state index in [2.05, 4.69) is 26.0 Å². The van der Waals surface area contributed by atoms with Crippen LogP contribution in [0.25, 0.3) is 0 Å². The molecule has 3 heteroatoms. The summed E-state index contributed by atoms with van der Waals surface area (Å²) in [6, 6.07) is 13.5. The van der Waals surface area contributed by atoms with Crippen LogP contribution in [0.2, 0.25) is 0 Å². The molecule has 2 aromatic carbocycles.